The van der Waals surface area contributed by atoms with Gasteiger partial charge in [-0.2, -0.15) is 5.10 Å². The molecule has 0 spiro atoms. The van der Waals surface area contributed by atoms with Crippen LogP contribution in [-0.4, -0.2) is 65.8 Å². The molecule has 1 saturated heterocycles. The number of nitrogens with zero attached hydrogens (tertiary/aromatic N) is 3. The zero-order valence-electron chi connectivity index (χ0n) is 23.4. The number of hydrogen-bond donors (Lipinski definition) is 1. The molecule has 5 rings (SSSR count). The SMILES string of the molecule is CC(C)(C)c1cc(NC(=O)C(=O)c2ccc(OCCN3CCOCC3)c3ccccc23)n(C2CCCCC2)n1. The number of hydrogen-bond acceptors (Lipinski definition) is 6. The van der Waals surface area contributed by atoms with E-state index in [1.807, 2.05) is 35.0 Å². The van der Waals surface area contributed by atoms with Crippen molar-refractivity contribution in [3.05, 3.63) is 53.7 Å². The standard InChI is InChI=1S/C31H40N4O4/c1-31(2,3)27-21-28(35(33-27)22-9-5-4-6-10-22)32-30(37)29(36)25-13-14-26(24-12-8-7-11-23(24)25)39-20-17-34-15-18-38-19-16-34/h7-8,11-14,21-22H,4-6,9-10,15-20H2,1-3H3,(H,32,37). The summed E-state index contributed by atoms with van der Waals surface area (Å²) < 4.78 is 13.5. The molecule has 0 radical (unpaired) electrons. The third-order valence-electron chi connectivity index (χ3n) is 7.77. The van der Waals surface area contributed by atoms with Crippen molar-refractivity contribution in [2.75, 3.05) is 44.8 Å². The van der Waals surface area contributed by atoms with E-state index in [-0.39, 0.29) is 11.5 Å². The first-order chi connectivity index (χ1) is 18.8. The van der Waals surface area contributed by atoms with Crippen molar-refractivity contribution in [1.82, 2.24) is 14.7 Å². The summed E-state index contributed by atoms with van der Waals surface area (Å²) in [4.78, 5) is 29.1. The second-order valence-electron chi connectivity index (χ2n) is 11.6. The normalized spacial score (nSPS) is 17.3. The molecule has 2 fully saturated rings. The largest absolute Gasteiger partial charge is 0.492 e. The highest BCUT2D eigenvalue weighted by atomic mass is 16.5. The molecule has 0 unspecified atom stereocenters. The summed E-state index contributed by atoms with van der Waals surface area (Å²) >= 11 is 0. The molecule has 0 bridgehead atoms. The van der Waals surface area contributed by atoms with Crippen molar-refractivity contribution in [1.29, 1.82) is 0 Å². The molecule has 39 heavy (non-hydrogen) atoms. The summed E-state index contributed by atoms with van der Waals surface area (Å²) in [7, 11) is 0. The van der Waals surface area contributed by atoms with E-state index in [9.17, 15) is 9.59 Å². The van der Waals surface area contributed by atoms with Crippen LogP contribution < -0.4 is 10.1 Å². The van der Waals surface area contributed by atoms with E-state index >= 15 is 0 Å². The minimum atomic E-state index is -0.654. The maximum Gasteiger partial charge on any atom is 0.297 e. The number of benzene rings is 2. The van der Waals surface area contributed by atoms with E-state index in [1.54, 1.807) is 12.1 Å². The van der Waals surface area contributed by atoms with Gasteiger partial charge in [-0.3, -0.25) is 14.5 Å². The summed E-state index contributed by atoms with van der Waals surface area (Å²) in [6, 6.07) is 13.2. The lowest BCUT2D eigenvalue weighted by molar-refractivity contribution is -0.112. The Balaban J connectivity index is 1.35. The van der Waals surface area contributed by atoms with Gasteiger partial charge in [0, 0.05) is 42.1 Å². The van der Waals surface area contributed by atoms with Crippen molar-refractivity contribution in [3.63, 3.8) is 0 Å². The fourth-order valence-electron chi connectivity index (χ4n) is 5.46. The molecule has 8 heteroatoms. The van der Waals surface area contributed by atoms with Gasteiger partial charge in [0.2, 0.25) is 0 Å². The number of rotatable bonds is 8. The number of carbonyl (C=O) groups is 2. The van der Waals surface area contributed by atoms with Gasteiger partial charge in [0.25, 0.3) is 11.7 Å². The highest BCUT2D eigenvalue weighted by Gasteiger charge is 2.27. The van der Waals surface area contributed by atoms with Gasteiger partial charge < -0.3 is 14.8 Å². The van der Waals surface area contributed by atoms with Crippen molar-refractivity contribution < 1.29 is 19.1 Å². The number of fused-ring (bicyclic) bond motifs is 1. The minimum absolute atomic E-state index is 0.169. The average molecular weight is 533 g/mol. The van der Waals surface area contributed by atoms with E-state index in [0.717, 1.165) is 69.6 Å². The van der Waals surface area contributed by atoms with Crippen LogP contribution in [0.5, 0.6) is 5.75 Å². The predicted molar refractivity (Wildman–Crippen MR) is 153 cm³/mol. The lowest BCUT2D eigenvalue weighted by Gasteiger charge is -2.26. The quantitative estimate of drug-likeness (QED) is 0.310. The molecule has 1 aliphatic heterocycles. The lowest BCUT2D eigenvalue weighted by Crippen LogP contribution is -2.38. The third kappa shape index (κ3) is 6.34. The monoisotopic (exact) mass is 532 g/mol. The maximum atomic E-state index is 13.5. The molecule has 3 aromatic rings. The molecular formula is C31H40N4O4. The molecule has 2 heterocycles. The second kappa shape index (κ2) is 11.9. The molecule has 208 valence electrons. The van der Waals surface area contributed by atoms with Crippen LogP contribution in [0.4, 0.5) is 5.82 Å². The Labute approximate surface area is 230 Å². The van der Waals surface area contributed by atoms with E-state index in [1.165, 1.54) is 6.42 Å². The number of Topliss-reactive ketones (excluding diaryl/α,β-unsaturated/α-hetero) is 1. The highest BCUT2D eigenvalue weighted by molar-refractivity contribution is 6.48. The molecular weight excluding hydrogens is 492 g/mol. The third-order valence-corrected chi connectivity index (χ3v) is 7.77. The van der Waals surface area contributed by atoms with Crippen LogP contribution in [0, 0.1) is 0 Å². The molecule has 1 saturated carbocycles. The van der Waals surface area contributed by atoms with Crippen molar-refractivity contribution in [3.8, 4) is 5.75 Å². The van der Waals surface area contributed by atoms with Crippen LogP contribution in [0.15, 0.2) is 42.5 Å². The predicted octanol–water partition coefficient (Wildman–Crippen LogP) is 5.37. The topological polar surface area (TPSA) is 85.7 Å². The van der Waals surface area contributed by atoms with E-state index in [4.69, 9.17) is 14.6 Å². The molecule has 1 aliphatic carbocycles. The molecule has 1 aromatic heterocycles. The molecule has 0 atom stereocenters. The Bertz CT molecular complexity index is 1310. The number of carbonyl (C=O) groups excluding carboxylic acids is 2. The number of nitrogens with one attached hydrogen (secondary N) is 1. The van der Waals surface area contributed by atoms with Crippen LogP contribution in [0.3, 0.4) is 0 Å². The van der Waals surface area contributed by atoms with Crippen LogP contribution in [-0.2, 0) is 14.9 Å². The summed E-state index contributed by atoms with van der Waals surface area (Å²) in [5.74, 6) is 0.0804. The molecule has 8 nitrogen and oxygen atoms in total. The van der Waals surface area contributed by atoms with Crippen molar-refractivity contribution in [2.24, 2.45) is 0 Å². The Morgan fingerprint density at radius 3 is 2.46 bits per heavy atom. The fourth-order valence-corrected chi connectivity index (χ4v) is 5.46. The first kappa shape index (κ1) is 27.3. The van der Waals surface area contributed by atoms with Crippen LogP contribution >= 0.6 is 0 Å². The molecule has 1 N–H and O–H groups in total. The number of aromatic nitrogens is 2. The van der Waals surface area contributed by atoms with Gasteiger partial charge in [0.05, 0.1) is 24.9 Å². The molecule has 2 aliphatic rings. The number of anilines is 1. The maximum absolute atomic E-state index is 13.5. The van der Waals surface area contributed by atoms with E-state index in [0.29, 0.717) is 29.1 Å². The van der Waals surface area contributed by atoms with E-state index < -0.39 is 11.7 Å². The number of ether oxygens (including phenoxy) is 2. The number of amides is 1. The molecule has 1 amide bonds. The first-order valence-electron chi connectivity index (χ1n) is 14.2. The molecule has 2 aromatic carbocycles. The van der Waals surface area contributed by atoms with Crippen LogP contribution in [0.2, 0.25) is 0 Å². The van der Waals surface area contributed by atoms with Crippen LogP contribution in [0.25, 0.3) is 10.8 Å². The van der Waals surface area contributed by atoms with Gasteiger partial charge in [-0.25, -0.2) is 4.68 Å². The zero-order valence-corrected chi connectivity index (χ0v) is 23.4. The zero-order chi connectivity index (χ0) is 27.4. The summed E-state index contributed by atoms with van der Waals surface area (Å²) in [5, 5.41) is 9.32. The lowest BCUT2D eigenvalue weighted by atomic mass is 9.92. The second-order valence-corrected chi connectivity index (χ2v) is 11.6. The van der Waals surface area contributed by atoms with Crippen molar-refractivity contribution in [2.45, 2.75) is 64.3 Å². The summed E-state index contributed by atoms with van der Waals surface area (Å²) in [6.45, 7) is 11.0. The fraction of sp³-hybridized carbons (Fsp3) is 0.516. The number of morpholine rings is 1. The highest BCUT2D eigenvalue weighted by Crippen LogP contribution is 2.34. The minimum Gasteiger partial charge on any atom is -0.492 e. The Morgan fingerprint density at radius 2 is 1.74 bits per heavy atom. The van der Waals surface area contributed by atoms with Gasteiger partial charge in [0.1, 0.15) is 18.2 Å². The summed E-state index contributed by atoms with van der Waals surface area (Å²) in [6.07, 6.45) is 5.58. The Morgan fingerprint density at radius 1 is 1.03 bits per heavy atom. The van der Waals surface area contributed by atoms with Gasteiger partial charge in [-0.15, -0.1) is 0 Å². The first-order valence-corrected chi connectivity index (χ1v) is 14.2. The number of ketones is 1. The van der Waals surface area contributed by atoms with Crippen molar-refractivity contribution >= 4 is 28.3 Å². The Hall–Kier alpha value is -3.23. The Kier molecular flexibility index (Phi) is 8.33. The van der Waals surface area contributed by atoms with E-state index in [2.05, 4.69) is 31.0 Å². The van der Waals surface area contributed by atoms with Gasteiger partial charge >= 0.3 is 0 Å². The van der Waals surface area contributed by atoms with Crippen LogP contribution in [0.1, 0.15) is 75.0 Å². The van der Waals surface area contributed by atoms with Gasteiger partial charge in [-0.05, 0) is 30.4 Å². The van der Waals surface area contributed by atoms with Gasteiger partial charge in [0.15, 0.2) is 0 Å². The van der Waals surface area contributed by atoms with Gasteiger partial charge in [-0.1, -0.05) is 64.3 Å². The smallest absolute Gasteiger partial charge is 0.297 e. The average Bonchev–Trinajstić information content (AvgIpc) is 3.38. The summed E-state index contributed by atoms with van der Waals surface area (Å²) in [5.41, 5.74) is 1.10.